The van der Waals surface area contributed by atoms with Crippen LogP contribution in [0.5, 0.6) is 0 Å². The van der Waals surface area contributed by atoms with Crippen LogP contribution in [0.15, 0.2) is 5.16 Å². The highest BCUT2D eigenvalue weighted by Gasteiger charge is 2.46. The van der Waals surface area contributed by atoms with Gasteiger partial charge in [-0.05, 0) is 26.8 Å². The second-order valence-electron chi connectivity index (χ2n) is 6.21. The summed E-state index contributed by atoms with van der Waals surface area (Å²) in [7, 11) is 2.08. The predicted molar refractivity (Wildman–Crippen MR) is 77.6 cm³/mol. The van der Waals surface area contributed by atoms with E-state index in [-0.39, 0.29) is 11.7 Å². The highest BCUT2D eigenvalue weighted by Crippen LogP contribution is 2.38. The van der Waals surface area contributed by atoms with Crippen LogP contribution in [0.4, 0.5) is 0 Å². The lowest BCUT2D eigenvalue weighted by atomic mass is 9.72. The molecule has 2 fully saturated rings. The van der Waals surface area contributed by atoms with E-state index in [1.165, 1.54) is 0 Å². The summed E-state index contributed by atoms with van der Waals surface area (Å²) in [6, 6.07) is 0.348. The van der Waals surface area contributed by atoms with Crippen LogP contribution in [0, 0.1) is 5.41 Å². The third-order valence-corrected chi connectivity index (χ3v) is 4.96. The Morgan fingerprint density at radius 1 is 1.30 bits per heavy atom. The van der Waals surface area contributed by atoms with E-state index in [1.807, 2.05) is 4.90 Å². The molecule has 1 saturated carbocycles. The molecule has 6 nitrogen and oxygen atoms in total. The number of nitrogens with zero attached hydrogens (tertiary/aromatic N) is 3. The van der Waals surface area contributed by atoms with Gasteiger partial charge < -0.3 is 20.7 Å². The first-order valence-electron chi connectivity index (χ1n) is 7.49. The molecule has 1 amide bonds. The molecule has 3 N–H and O–H groups in total. The Morgan fingerprint density at radius 2 is 1.95 bits per heavy atom. The predicted octanol–water partition coefficient (Wildman–Crippen LogP) is 0.846. The van der Waals surface area contributed by atoms with Crippen molar-refractivity contribution < 1.29 is 10.0 Å². The number of nitrogens with two attached hydrogens (primary N) is 1. The van der Waals surface area contributed by atoms with Crippen molar-refractivity contribution in [1.82, 2.24) is 9.80 Å². The standard InChI is InChI=1S/C14H26N4O2/c1-11-10-18(9-8-17(11)2)13(19)14(12(15)16-20)6-4-3-5-7-14/h11,20H,3-10H2,1-2H3,(H2,15,16). The van der Waals surface area contributed by atoms with Crippen LogP contribution in [0.25, 0.3) is 0 Å². The maximum absolute atomic E-state index is 13.0. The van der Waals surface area contributed by atoms with Crippen LogP contribution >= 0.6 is 0 Å². The Kier molecular flexibility index (Phi) is 4.52. The molecule has 1 heterocycles. The van der Waals surface area contributed by atoms with Gasteiger partial charge in [-0.25, -0.2) is 0 Å². The monoisotopic (exact) mass is 282 g/mol. The third-order valence-electron chi connectivity index (χ3n) is 4.96. The van der Waals surface area contributed by atoms with Gasteiger partial charge in [0.05, 0.1) is 0 Å². The number of piperazine rings is 1. The molecule has 1 aliphatic heterocycles. The summed E-state index contributed by atoms with van der Waals surface area (Å²) in [6.07, 6.45) is 4.44. The molecule has 114 valence electrons. The van der Waals surface area contributed by atoms with Gasteiger partial charge in [-0.3, -0.25) is 4.79 Å². The van der Waals surface area contributed by atoms with Crippen molar-refractivity contribution in [3.63, 3.8) is 0 Å². The minimum Gasteiger partial charge on any atom is -0.409 e. The molecule has 1 unspecified atom stereocenters. The molecule has 0 spiro atoms. The molecule has 0 aromatic carbocycles. The van der Waals surface area contributed by atoms with Crippen LogP contribution in [-0.2, 0) is 4.79 Å². The number of hydrogen-bond acceptors (Lipinski definition) is 4. The first-order valence-corrected chi connectivity index (χ1v) is 7.49. The molecule has 6 heteroatoms. The smallest absolute Gasteiger partial charge is 0.236 e. The lowest BCUT2D eigenvalue weighted by Gasteiger charge is -2.43. The maximum atomic E-state index is 13.0. The Bertz CT molecular complexity index is 391. The molecule has 2 rings (SSSR count). The minimum atomic E-state index is -0.775. The number of hydrogen-bond donors (Lipinski definition) is 2. The van der Waals surface area contributed by atoms with Gasteiger partial charge in [-0.15, -0.1) is 0 Å². The van der Waals surface area contributed by atoms with Gasteiger partial charge in [0.2, 0.25) is 5.91 Å². The number of rotatable bonds is 2. The average Bonchev–Trinajstić information content (AvgIpc) is 2.49. The van der Waals surface area contributed by atoms with Gasteiger partial charge in [0, 0.05) is 25.7 Å². The van der Waals surface area contributed by atoms with E-state index in [0.717, 1.165) is 38.9 Å². The molecular weight excluding hydrogens is 256 g/mol. The number of amides is 1. The van der Waals surface area contributed by atoms with Crippen LogP contribution in [0.1, 0.15) is 39.0 Å². The van der Waals surface area contributed by atoms with Crippen LogP contribution < -0.4 is 5.73 Å². The molecule has 1 aliphatic carbocycles. The quantitative estimate of drug-likeness (QED) is 0.340. The highest BCUT2D eigenvalue weighted by molar-refractivity contribution is 6.06. The van der Waals surface area contributed by atoms with Gasteiger partial charge >= 0.3 is 0 Å². The fraction of sp³-hybridized carbons (Fsp3) is 0.857. The van der Waals surface area contributed by atoms with Crippen LogP contribution in [-0.4, -0.2) is 59.5 Å². The summed E-state index contributed by atoms with van der Waals surface area (Å²) in [5.74, 6) is 0.140. The lowest BCUT2D eigenvalue weighted by Crippen LogP contribution is -2.58. The van der Waals surface area contributed by atoms with E-state index in [4.69, 9.17) is 10.9 Å². The normalized spacial score (nSPS) is 28.4. The first kappa shape index (κ1) is 15.1. The molecule has 0 radical (unpaired) electrons. The zero-order valence-electron chi connectivity index (χ0n) is 12.5. The summed E-state index contributed by atoms with van der Waals surface area (Å²) < 4.78 is 0. The maximum Gasteiger partial charge on any atom is 0.236 e. The zero-order valence-corrected chi connectivity index (χ0v) is 12.5. The van der Waals surface area contributed by atoms with E-state index in [9.17, 15) is 4.79 Å². The van der Waals surface area contributed by atoms with Crippen molar-refractivity contribution >= 4 is 11.7 Å². The SMILES string of the molecule is CC1CN(C(=O)C2(C(N)=NO)CCCCC2)CCN1C. The largest absolute Gasteiger partial charge is 0.409 e. The van der Waals surface area contributed by atoms with E-state index < -0.39 is 5.41 Å². The summed E-state index contributed by atoms with van der Waals surface area (Å²) in [6.45, 7) is 4.44. The topological polar surface area (TPSA) is 82.2 Å². The second kappa shape index (κ2) is 5.99. The van der Waals surface area contributed by atoms with Crippen molar-refractivity contribution in [2.24, 2.45) is 16.3 Å². The van der Waals surface area contributed by atoms with Gasteiger partial charge in [-0.2, -0.15) is 0 Å². The van der Waals surface area contributed by atoms with Crippen molar-refractivity contribution in [2.75, 3.05) is 26.7 Å². The molecule has 2 aliphatic rings. The Hall–Kier alpha value is -1.30. The van der Waals surface area contributed by atoms with Crippen molar-refractivity contribution in [3.8, 4) is 0 Å². The molecule has 0 aromatic rings. The fourth-order valence-corrected chi connectivity index (χ4v) is 3.37. The number of likely N-dealkylation sites (N-methyl/N-ethyl adjacent to an activating group) is 1. The van der Waals surface area contributed by atoms with Crippen molar-refractivity contribution in [1.29, 1.82) is 0 Å². The average molecular weight is 282 g/mol. The summed E-state index contributed by atoms with van der Waals surface area (Å²) in [5.41, 5.74) is 5.12. The summed E-state index contributed by atoms with van der Waals surface area (Å²) in [5, 5.41) is 12.2. The molecular formula is C14H26N4O2. The van der Waals surface area contributed by atoms with E-state index in [0.29, 0.717) is 18.9 Å². The summed E-state index contributed by atoms with van der Waals surface area (Å²) >= 11 is 0. The zero-order chi connectivity index (χ0) is 14.8. The molecule has 20 heavy (non-hydrogen) atoms. The highest BCUT2D eigenvalue weighted by atomic mass is 16.4. The van der Waals surface area contributed by atoms with Gasteiger partial charge in [0.15, 0.2) is 5.84 Å². The van der Waals surface area contributed by atoms with Crippen molar-refractivity contribution in [3.05, 3.63) is 0 Å². The van der Waals surface area contributed by atoms with E-state index in [1.54, 1.807) is 0 Å². The second-order valence-corrected chi connectivity index (χ2v) is 6.21. The van der Waals surface area contributed by atoms with Crippen molar-refractivity contribution in [2.45, 2.75) is 45.1 Å². The van der Waals surface area contributed by atoms with E-state index in [2.05, 4.69) is 24.0 Å². The number of carbonyl (C=O) groups is 1. The van der Waals surface area contributed by atoms with Gasteiger partial charge in [-0.1, -0.05) is 24.4 Å². The third kappa shape index (κ3) is 2.61. The Labute approximate surface area is 120 Å². The molecule has 0 aromatic heterocycles. The van der Waals surface area contributed by atoms with Crippen LogP contribution in [0.3, 0.4) is 0 Å². The molecule has 1 saturated heterocycles. The first-order chi connectivity index (χ1) is 9.51. The Morgan fingerprint density at radius 3 is 2.50 bits per heavy atom. The molecule has 1 atom stereocenters. The van der Waals surface area contributed by atoms with E-state index >= 15 is 0 Å². The van der Waals surface area contributed by atoms with Crippen LogP contribution in [0.2, 0.25) is 0 Å². The number of amidine groups is 1. The Balaban J connectivity index is 2.19. The number of carbonyl (C=O) groups excluding carboxylic acids is 1. The molecule has 0 bridgehead atoms. The summed E-state index contributed by atoms with van der Waals surface area (Å²) in [4.78, 5) is 17.1. The number of oxime groups is 1. The fourth-order valence-electron chi connectivity index (χ4n) is 3.37. The minimum absolute atomic E-state index is 0.0486. The lowest BCUT2D eigenvalue weighted by molar-refractivity contribution is -0.142. The van der Waals surface area contributed by atoms with Gasteiger partial charge in [0.1, 0.15) is 5.41 Å². The van der Waals surface area contributed by atoms with Gasteiger partial charge in [0.25, 0.3) is 0 Å².